The number of hydrogen-bond acceptors (Lipinski definition) is 4. The molecule has 7 heteroatoms. The van der Waals surface area contributed by atoms with E-state index >= 15 is 0 Å². The van der Waals surface area contributed by atoms with Gasteiger partial charge >= 0.3 is 0 Å². The Hall–Kier alpha value is -0.520. The van der Waals surface area contributed by atoms with Gasteiger partial charge in [-0.2, -0.15) is 0 Å². The molecule has 0 amide bonds. The van der Waals surface area contributed by atoms with Gasteiger partial charge in [0.05, 0.1) is 10.0 Å². The van der Waals surface area contributed by atoms with Crippen LogP contribution in [0, 0.1) is 0 Å². The maximum absolute atomic E-state index is 11.1. The molecule has 1 aromatic heterocycles. The number of nitrogens with zero attached hydrogens (tertiary/aromatic N) is 1. The number of anilines is 2. The van der Waals surface area contributed by atoms with Crippen LogP contribution in [0.2, 0.25) is 10.0 Å². The first-order valence-corrected chi connectivity index (χ1v) is 8.08. The number of hydrogen-bond donors (Lipinski definition) is 2. The summed E-state index contributed by atoms with van der Waals surface area (Å²) in [7, 11) is -0.864. The molecule has 1 heterocycles. The van der Waals surface area contributed by atoms with E-state index in [2.05, 4.69) is 15.6 Å². The highest BCUT2D eigenvalue weighted by atomic mass is 35.5. The van der Waals surface area contributed by atoms with Gasteiger partial charge in [0, 0.05) is 35.4 Å². The van der Waals surface area contributed by atoms with Crippen molar-refractivity contribution in [1.82, 2.24) is 4.98 Å². The second kappa shape index (κ2) is 7.16. The Morgan fingerprint density at radius 1 is 1.39 bits per heavy atom. The Bertz CT molecular complexity index is 443. The molecule has 0 aliphatic rings. The molecule has 0 bridgehead atoms. The largest absolute Gasteiger partial charge is 0.369 e. The smallest absolute Gasteiger partial charge is 0.147 e. The molecule has 0 radical (unpaired) electrons. The molecule has 0 aliphatic heterocycles. The van der Waals surface area contributed by atoms with Crippen LogP contribution in [0.15, 0.2) is 6.07 Å². The summed E-state index contributed by atoms with van der Waals surface area (Å²) in [5.74, 6) is 1.68. The minimum atomic E-state index is -0.864. The Kier molecular flexibility index (Phi) is 6.18. The first-order chi connectivity index (χ1) is 8.43. The molecule has 1 aromatic rings. The Morgan fingerprint density at radius 3 is 2.56 bits per heavy atom. The summed E-state index contributed by atoms with van der Waals surface area (Å²) in [4.78, 5) is 4.32. The molecule has 0 aliphatic carbocycles. The Balaban J connectivity index is 2.87. The fraction of sp³-hybridized carbons (Fsp3) is 0.545. The molecule has 2 unspecified atom stereocenters. The van der Waals surface area contributed by atoms with E-state index in [1.807, 2.05) is 13.8 Å². The zero-order valence-electron chi connectivity index (χ0n) is 10.6. The predicted octanol–water partition coefficient (Wildman–Crippen LogP) is 3.00. The van der Waals surface area contributed by atoms with E-state index in [0.717, 1.165) is 6.54 Å². The van der Waals surface area contributed by atoms with Crippen molar-refractivity contribution in [3.05, 3.63) is 16.1 Å². The maximum Gasteiger partial charge on any atom is 0.147 e. The molecule has 102 valence electrons. The van der Waals surface area contributed by atoms with Gasteiger partial charge in [-0.1, -0.05) is 23.2 Å². The molecule has 0 spiro atoms. The highest BCUT2D eigenvalue weighted by Crippen LogP contribution is 2.29. The summed E-state index contributed by atoms with van der Waals surface area (Å²) < 4.78 is 11.1. The van der Waals surface area contributed by atoms with Crippen LogP contribution in [0.3, 0.4) is 0 Å². The van der Waals surface area contributed by atoms with E-state index in [4.69, 9.17) is 23.2 Å². The van der Waals surface area contributed by atoms with Gasteiger partial charge in [0.25, 0.3) is 0 Å². The number of aromatic nitrogens is 1. The van der Waals surface area contributed by atoms with Crippen molar-refractivity contribution in [2.75, 3.05) is 29.2 Å². The molecule has 1 rings (SSSR count). The van der Waals surface area contributed by atoms with Gasteiger partial charge in [-0.25, -0.2) is 4.98 Å². The number of pyridine rings is 1. The summed E-state index contributed by atoms with van der Waals surface area (Å²) in [5.41, 5.74) is 0. The minimum absolute atomic E-state index is 0.0245. The normalized spacial score (nSPS) is 14.1. The molecular weight excluding hydrogens is 293 g/mol. The van der Waals surface area contributed by atoms with E-state index in [-0.39, 0.29) is 6.04 Å². The summed E-state index contributed by atoms with van der Waals surface area (Å²) in [6, 6.07) is 1.67. The molecule has 2 atom stereocenters. The third-order valence-corrected chi connectivity index (χ3v) is 3.69. The first kappa shape index (κ1) is 15.5. The lowest BCUT2D eigenvalue weighted by Crippen LogP contribution is -2.23. The van der Waals surface area contributed by atoms with Crippen LogP contribution in [0.25, 0.3) is 0 Å². The van der Waals surface area contributed by atoms with Crippen LogP contribution in [0.1, 0.15) is 13.8 Å². The van der Waals surface area contributed by atoms with Gasteiger partial charge in [0.1, 0.15) is 11.6 Å². The minimum Gasteiger partial charge on any atom is -0.369 e. The zero-order valence-corrected chi connectivity index (χ0v) is 12.9. The van der Waals surface area contributed by atoms with Crippen molar-refractivity contribution in [2.24, 2.45) is 0 Å². The molecule has 2 N–H and O–H groups in total. The van der Waals surface area contributed by atoms with Gasteiger partial charge in [-0.3, -0.25) is 4.21 Å². The summed E-state index contributed by atoms with van der Waals surface area (Å²) in [6.45, 7) is 4.62. The molecule has 18 heavy (non-hydrogen) atoms. The van der Waals surface area contributed by atoms with Crippen LogP contribution in [0.4, 0.5) is 11.6 Å². The lowest BCUT2D eigenvalue weighted by atomic mass is 10.3. The molecule has 0 aromatic carbocycles. The van der Waals surface area contributed by atoms with Crippen molar-refractivity contribution in [2.45, 2.75) is 19.9 Å². The van der Waals surface area contributed by atoms with E-state index in [1.54, 1.807) is 12.3 Å². The van der Waals surface area contributed by atoms with Crippen molar-refractivity contribution in [1.29, 1.82) is 0 Å². The number of halogens is 2. The van der Waals surface area contributed by atoms with Crippen molar-refractivity contribution < 1.29 is 4.21 Å². The molecule has 0 saturated carbocycles. The van der Waals surface area contributed by atoms with Crippen LogP contribution in [0.5, 0.6) is 0 Å². The lowest BCUT2D eigenvalue weighted by Gasteiger charge is -2.16. The van der Waals surface area contributed by atoms with Crippen LogP contribution in [-0.4, -0.2) is 33.8 Å². The van der Waals surface area contributed by atoms with Gasteiger partial charge in [0.15, 0.2) is 0 Å². The van der Waals surface area contributed by atoms with E-state index < -0.39 is 10.8 Å². The van der Waals surface area contributed by atoms with Crippen molar-refractivity contribution >= 4 is 45.6 Å². The summed E-state index contributed by atoms with van der Waals surface area (Å²) in [6.07, 6.45) is 1.67. The van der Waals surface area contributed by atoms with Crippen LogP contribution < -0.4 is 10.6 Å². The third-order valence-electron chi connectivity index (χ3n) is 2.14. The second-order valence-electron chi connectivity index (χ2n) is 3.96. The highest BCUT2D eigenvalue weighted by molar-refractivity contribution is 7.84. The van der Waals surface area contributed by atoms with E-state index in [9.17, 15) is 4.21 Å². The molecule has 0 fully saturated rings. The average molecular weight is 310 g/mol. The van der Waals surface area contributed by atoms with E-state index in [0.29, 0.717) is 27.4 Å². The summed E-state index contributed by atoms with van der Waals surface area (Å²) >= 11 is 12.1. The lowest BCUT2D eigenvalue weighted by molar-refractivity contribution is 0.683. The maximum atomic E-state index is 11.1. The van der Waals surface area contributed by atoms with Gasteiger partial charge < -0.3 is 10.6 Å². The molecule has 4 nitrogen and oxygen atoms in total. The van der Waals surface area contributed by atoms with Crippen LogP contribution >= 0.6 is 23.2 Å². The van der Waals surface area contributed by atoms with Gasteiger partial charge in [-0.15, -0.1) is 0 Å². The van der Waals surface area contributed by atoms with E-state index in [1.165, 1.54) is 0 Å². The fourth-order valence-corrected chi connectivity index (χ4v) is 2.75. The monoisotopic (exact) mass is 309 g/mol. The van der Waals surface area contributed by atoms with Gasteiger partial charge in [-0.05, 0) is 19.9 Å². The van der Waals surface area contributed by atoms with Crippen molar-refractivity contribution in [3.8, 4) is 0 Å². The van der Waals surface area contributed by atoms with Gasteiger partial charge in [0.2, 0.25) is 0 Å². The average Bonchev–Trinajstić information content (AvgIpc) is 2.24. The standard InChI is InChI=1S/C11H17Cl2N3OS/c1-4-14-10-8(12)5-9(13)11(16-10)15-7(2)6-18(3)17/h5,7H,4,6H2,1-3H3,(H2,14,15,16). The summed E-state index contributed by atoms with van der Waals surface area (Å²) in [5, 5.41) is 7.13. The van der Waals surface area contributed by atoms with Crippen molar-refractivity contribution in [3.63, 3.8) is 0 Å². The second-order valence-corrected chi connectivity index (χ2v) is 6.26. The molecular formula is C11H17Cl2N3OS. The number of nitrogens with one attached hydrogen (secondary N) is 2. The fourth-order valence-electron chi connectivity index (χ4n) is 1.49. The quantitative estimate of drug-likeness (QED) is 0.848. The predicted molar refractivity (Wildman–Crippen MR) is 80.4 cm³/mol. The third kappa shape index (κ3) is 4.63. The molecule has 0 saturated heterocycles. The Morgan fingerprint density at radius 2 is 2.00 bits per heavy atom. The highest BCUT2D eigenvalue weighted by Gasteiger charge is 2.12. The Labute approximate surface area is 120 Å². The zero-order chi connectivity index (χ0) is 13.7. The SMILES string of the molecule is CCNc1nc(NC(C)CS(C)=O)c(Cl)cc1Cl. The first-order valence-electron chi connectivity index (χ1n) is 5.60. The van der Waals surface area contributed by atoms with Crippen LogP contribution in [-0.2, 0) is 10.8 Å². The number of rotatable bonds is 6. The topological polar surface area (TPSA) is 54.0 Å².